The third-order valence-corrected chi connectivity index (χ3v) is 3.55. The normalized spacial score (nSPS) is 10.8. The zero-order valence-corrected chi connectivity index (χ0v) is 15.4. The van der Waals surface area contributed by atoms with Crippen molar-refractivity contribution in [3.05, 3.63) is 48.3 Å². The smallest absolute Gasteiger partial charge is 0.257 e. The summed E-state index contributed by atoms with van der Waals surface area (Å²) in [4.78, 5) is 16.7. The van der Waals surface area contributed by atoms with E-state index in [-0.39, 0.29) is 12.0 Å². The van der Waals surface area contributed by atoms with Gasteiger partial charge in [0.15, 0.2) is 0 Å². The summed E-state index contributed by atoms with van der Waals surface area (Å²) in [6.07, 6.45) is 4.39. The van der Waals surface area contributed by atoms with Crippen molar-refractivity contribution in [1.82, 2.24) is 4.98 Å². The highest BCUT2D eigenvalue weighted by Gasteiger charge is 2.11. The van der Waals surface area contributed by atoms with Gasteiger partial charge in [-0.05, 0) is 44.4 Å². The first-order valence-corrected chi connectivity index (χ1v) is 8.71. The average molecular weight is 341 g/mol. The molecular weight excluding hydrogens is 314 g/mol. The molecule has 1 heterocycles. The quantitative estimate of drug-likeness (QED) is 0.738. The fourth-order valence-corrected chi connectivity index (χ4v) is 2.29. The number of para-hydroxylation sites is 2. The first kappa shape index (κ1) is 18.8. The van der Waals surface area contributed by atoms with Gasteiger partial charge >= 0.3 is 0 Å². The van der Waals surface area contributed by atoms with E-state index in [4.69, 9.17) is 4.74 Å². The molecule has 2 rings (SSSR count). The molecule has 0 saturated carbocycles. The average Bonchev–Trinajstić information content (AvgIpc) is 2.56. The number of anilines is 2. The van der Waals surface area contributed by atoms with Gasteiger partial charge in [-0.25, -0.2) is 0 Å². The molecule has 1 aromatic heterocycles. The second-order valence-electron chi connectivity index (χ2n) is 6.69. The van der Waals surface area contributed by atoms with Gasteiger partial charge in [0.2, 0.25) is 0 Å². The van der Waals surface area contributed by atoms with Crippen LogP contribution in [-0.4, -0.2) is 23.5 Å². The van der Waals surface area contributed by atoms with Crippen LogP contribution in [0.1, 0.15) is 44.5 Å². The van der Waals surface area contributed by atoms with E-state index in [1.165, 1.54) is 0 Å². The lowest BCUT2D eigenvalue weighted by molar-refractivity contribution is 0.102. The topological polar surface area (TPSA) is 63.2 Å². The molecule has 134 valence electrons. The Labute approximate surface area is 149 Å². The van der Waals surface area contributed by atoms with Crippen molar-refractivity contribution < 1.29 is 9.53 Å². The van der Waals surface area contributed by atoms with E-state index in [9.17, 15) is 4.79 Å². The highest BCUT2D eigenvalue weighted by molar-refractivity contribution is 6.05. The summed E-state index contributed by atoms with van der Waals surface area (Å²) in [5, 5.41) is 6.21. The number of carbonyl (C=O) groups is 1. The lowest BCUT2D eigenvalue weighted by Gasteiger charge is -2.15. The molecule has 0 bridgehead atoms. The van der Waals surface area contributed by atoms with Crippen molar-refractivity contribution in [3.63, 3.8) is 0 Å². The number of ether oxygens (including phenoxy) is 1. The van der Waals surface area contributed by atoms with Crippen LogP contribution < -0.4 is 15.4 Å². The summed E-state index contributed by atoms with van der Waals surface area (Å²) in [6.45, 7) is 9.13. The van der Waals surface area contributed by atoms with E-state index >= 15 is 0 Å². The molecule has 5 nitrogen and oxygen atoms in total. The number of benzene rings is 1. The third-order valence-electron chi connectivity index (χ3n) is 3.55. The Morgan fingerprint density at radius 1 is 1.16 bits per heavy atom. The maximum absolute atomic E-state index is 12.6. The Hall–Kier alpha value is -2.56. The van der Waals surface area contributed by atoms with Gasteiger partial charge in [0.25, 0.3) is 5.91 Å². The molecule has 0 saturated heterocycles. The van der Waals surface area contributed by atoms with Crippen LogP contribution in [0.5, 0.6) is 5.75 Å². The van der Waals surface area contributed by atoms with Gasteiger partial charge in [-0.15, -0.1) is 0 Å². The molecule has 25 heavy (non-hydrogen) atoms. The molecule has 0 atom stereocenters. The van der Waals surface area contributed by atoms with Crippen LogP contribution in [0.2, 0.25) is 0 Å². The lowest BCUT2D eigenvalue weighted by Crippen LogP contribution is -2.15. The number of hydrogen-bond acceptors (Lipinski definition) is 4. The molecule has 2 N–H and O–H groups in total. The van der Waals surface area contributed by atoms with Gasteiger partial charge in [-0.3, -0.25) is 9.78 Å². The molecular formula is C20H27N3O2. The Morgan fingerprint density at radius 3 is 2.64 bits per heavy atom. The van der Waals surface area contributed by atoms with Crippen LogP contribution in [0.4, 0.5) is 11.4 Å². The van der Waals surface area contributed by atoms with Crippen molar-refractivity contribution in [1.29, 1.82) is 0 Å². The largest absolute Gasteiger partial charge is 0.489 e. The summed E-state index contributed by atoms with van der Waals surface area (Å²) < 4.78 is 5.74. The van der Waals surface area contributed by atoms with Crippen LogP contribution in [0, 0.1) is 5.92 Å². The molecule has 0 aliphatic carbocycles. The number of hydrogen-bond donors (Lipinski definition) is 2. The fraction of sp³-hybridized carbons (Fsp3) is 0.400. The molecule has 0 aliphatic rings. The Kier molecular flexibility index (Phi) is 6.81. The van der Waals surface area contributed by atoms with Crippen LogP contribution >= 0.6 is 0 Å². The van der Waals surface area contributed by atoms with E-state index < -0.39 is 0 Å². The Morgan fingerprint density at radius 2 is 1.92 bits per heavy atom. The number of carbonyl (C=O) groups excluding carboxylic acids is 1. The molecule has 2 aromatic rings. The van der Waals surface area contributed by atoms with Gasteiger partial charge in [-0.1, -0.05) is 26.0 Å². The number of nitrogens with zero attached hydrogens (tertiary/aromatic N) is 1. The summed E-state index contributed by atoms with van der Waals surface area (Å²) in [5.74, 6) is 1.08. The Balaban J connectivity index is 2.06. The number of nitrogens with one attached hydrogen (secondary N) is 2. The number of pyridine rings is 1. The molecule has 1 aromatic carbocycles. The monoisotopic (exact) mass is 341 g/mol. The van der Waals surface area contributed by atoms with Gasteiger partial charge < -0.3 is 15.4 Å². The maximum atomic E-state index is 12.6. The van der Waals surface area contributed by atoms with E-state index in [0.29, 0.717) is 22.9 Å². The van der Waals surface area contributed by atoms with Gasteiger partial charge in [-0.2, -0.15) is 0 Å². The van der Waals surface area contributed by atoms with E-state index in [1.54, 1.807) is 12.4 Å². The second-order valence-corrected chi connectivity index (χ2v) is 6.69. The maximum Gasteiger partial charge on any atom is 0.257 e. The van der Waals surface area contributed by atoms with E-state index in [2.05, 4.69) is 29.5 Å². The molecule has 5 heteroatoms. The standard InChI is InChI=1S/C20H27N3O2/c1-14(2)9-10-22-17-11-16(12-21-13-17)20(24)23-18-7-5-6-8-19(18)25-15(3)4/h5-8,11-15,22H,9-10H2,1-4H3,(H,23,24). The Bertz CT molecular complexity index is 699. The zero-order chi connectivity index (χ0) is 18.2. The minimum atomic E-state index is -0.209. The van der Waals surface area contributed by atoms with Gasteiger partial charge in [0, 0.05) is 18.9 Å². The van der Waals surface area contributed by atoms with Gasteiger partial charge in [0.05, 0.1) is 23.0 Å². The molecule has 0 aliphatic heterocycles. The predicted octanol–water partition coefficient (Wildman–Crippen LogP) is 4.58. The number of amides is 1. The summed E-state index contributed by atoms with van der Waals surface area (Å²) in [7, 11) is 0. The highest BCUT2D eigenvalue weighted by Crippen LogP contribution is 2.25. The first-order chi connectivity index (χ1) is 12.0. The third kappa shape index (κ3) is 6.10. The minimum Gasteiger partial charge on any atom is -0.489 e. The van der Waals surface area contributed by atoms with Crippen LogP contribution in [0.25, 0.3) is 0 Å². The predicted molar refractivity (Wildman–Crippen MR) is 102 cm³/mol. The van der Waals surface area contributed by atoms with Crippen LogP contribution in [0.15, 0.2) is 42.7 Å². The molecule has 0 spiro atoms. The fourth-order valence-electron chi connectivity index (χ4n) is 2.29. The summed E-state index contributed by atoms with van der Waals surface area (Å²) >= 11 is 0. The summed E-state index contributed by atoms with van der Waals surface area (Å²) in [6, 6.07) is 9.24. The summed E-state index contributed by atoms with van der Waals surface area (Å²) in [5.41, 5.74) is 2.01. The molecule has 0 fully saturated rings. The SMILES string of the molecule is CC(C)CCNc1cncc(C(=O)Nc2ccccc2OC(C)C)c1. The van der Waals surface area contributed by atoms with Crippen molar-refractivity contribution in [2.45, 2.75) is 40.2 Å². The van der Waals surface area contributed by atoms with Crippen molar-refractivity contribution in [3.8, 4) is 5.75 Å². The lowest BCUT2D eigenvalue weighted by atomic mass is 10.1. The molecule has 0 radical (unpaired) electrons. The van der Waals surface area contributed by atoms with Crippen molar-refractivity contribution in [2.75, 3.05) is 17.2 Å². The van der Waals surface area contributed by atoms with E-state index in [0.717, 1.165) is 18.7 Å². The molecule has 0 unspecified atom stereocenters. The van der Waals surface area contributed by atoms with Crippen LogP contribution in [-0.2, 0) is 0 Å². The van der Waals surface area contributed by atoms with Gasteiger partial charge in [0.1, 0.15) is 5.75 Å². The van der Waals surface area contributed by atoms with Crippen molar-refractivity contribution in [2.24, 2.45) is 5.92 Å². The zero-order valence-electron chi connectivity index (χ0n) is 15.4. The highest BCUT2D eigenvalue weighted by atomic mass is 16.5. The number of aromatic nitrogens is 1. The number of rotatable bonds is 8. The van der Waals surface area contributed by atoms with Crippen LogP contribution in [0.3, 0.4) is 0 Å². The minimum absolute atomic E-state index is 0.0354. The second kappa shape index (κ2) is 9.06. The van der Waals surface area contributed by atoms with E-state index in [1.807, 2.05) is 44.2 Å². The van der Waals surface area contributed by atoms with Crippen molar-refractivity contribution >= 4 is 17.3 Å². The first-order valence-electron chi connectivity index (χ1n) is 8.71. The molecule has 1 amide bonds.